The van der Waals surface area contributed by atoms with Crippen molar-refractivity contribution in [3.05, 3.63) is 43.5 Å². The second-order valence-electron chi connectivity index (χ2n) is 6.29. The Morgan fingerprint density at radius 1 is 1.27 bits per heavy atom. The molecule has 0 radical (unpaired) electrons. The van der Waals surface area contributed by atoms with Crippen LogP contribution in [-0.4, -0.2) is 58.8 Å². The van der Waals surface area contributed by atoms with Crippen LogP contribution < -0.4 is 11.2 Å². The van der Waals surface area contributed by atoms with Gasteiger partial charge in [0, 0.05) is 23.6 Å². The molecule has 0 aromatic carbocycles. The van der Waals surface area contributed by atoms with Crippen molar-refractivity contribution in [2.24, 2.45) is 5.11 Å². The normalized spacial score (nSPS) is 29.1. The molecule has 6 N–H and O–H groups in total. The Bertz CT molecular complexity index is 1210. The van der Waals surface area contributed by atoms with Gasteiger partial charge in [-0.2, -0.15) is 8.62 Å². The number of aromatic nitrogens is 2. The Labute approximate surface area is 180 Å². The first-order valence-electron chi connectivity index (χ1n) is 8.09. The van der Waals surface area contributed by atoms with Crippen LogP contribution in [0.15, 0.2) is 27.0 Å². The van der Waals surface area contributed by atoms with Gasteiger partial charge in [0.15, 0.2) is 11.3 Å². The molecule has 3 unspecified atom stereocenters. The first kappa shape index (κ1) is 27.5. The number of ether oxygens (including phenoxy) is 1. The van der Waals surface area contributed by atoms with Crippen LogP contribution in [0.1, 0.15) is 12.6 Å². The number of azide groups is 1. The molecule has 2 rings (SSSR count). The van der Waals surface area contributed by atoms with E-state index in [0.717, 1.165) is 12.3 Å². The Morgan fingerprint density at radius 3 is 2.42 bits per heavy atom. The number of hydrogen-bond acceptors (Lipinski definition) is 11. The number of H-pyrrole nitrogens is 1. The van der Waals surface area contributed by atoms with Crippen molar-refractivity contribution in [2.75, 3.05) is 13.3 Å². The lowest BCUT2D eigenvalue weighted by molar-refractivity contribution is -0.169. The van der Waals surface area contributed by atoms with E-state index in [1.165, 1.54) is 0 Å². The van der Waals surface area contributed by atoms with Crippen molar-refractivity contribution in [2.45, 2.75) is 24.0 Å². The summed E-state index contributed by atoms with van der Waals surface area (Å²) in [4.78, 5) is 63.0. The molecule has 1 aliphatic rings. The predicted molar refractivity (Wildman–Crippen MR) is 98.7 cm³/mol. The number of alkyl halides is 1. The minimum Gasteiger partial charge on any atom is -0.381 e. The summed E-state index contributed by atoms with van der Waals surface area (Å²) in [6.45, 7) is -3.33. The van der Waals surface area contributed by atoms with Crippen LogP contribution in [0.3, 0.4) is 0 Å². The van der Waals surface area contributed by atoms with Crippen LogP contribution in [-0.2, 0) is 31.6 Å². The maximum absolute atomic E-state index is 14.0. The van der Waals surface area contributed by atoms with E-state index in [4.69, 9.17) is 24.9 Å². The van der Waals surface area contributed by atoms with E-state index < -0.39 is 72.0 Å². The second kappa shape index (κ2) is 9.48. The highest BCUT2D eigenvalue weighted by Gasteiger charge is 2.61. The van der Waals surface area contributed by atoms with Crippen LogP contribution in [0, 0.1) is 0 Å². The highest BCUT2D eigenvalue weighted by atomic mass is 31.3. The van der Waals surface area contributed by atoms with E-state index >= 15 is 0 Å². The molecule has 186 valence electrons. The molecule has 0 amide bonds. The summed E-state index contributed by atoms with van der Waals surface area (Å²) in [5, 5.41) is 13.7. The predicted octanol–water partition coefficient (Wildman–Crippen LogP) is -0.494. The molecular weight excluding hydrogens is 526 g/mol. The smallest absolute Gasteiger partial charge is 0.381 e. The number of phosphoric ester groups is 1. The third-order valence-electron chi connectivity index (χ3n) is 4.01. The zero-order valence-corrected chi connectivity index (χ0v) is 18.5. The van der Waals surface area contributed by atoms with Crippen molar-refractivity contribution >= 4 is 23.5 Å². The van der Waals surface area contributed by atoms with Gasteiger partial charge in [0.1, 0.15) is 12.9 Å². The maximum atomic E-state index is 14.0. The summed E-state index contributed by atoms with van der Waals surface area (Å²) in [6.07, 6.45) is -1.57. The topological polar surface area (TPSA) is 293 Å². The van der Waals surface area contributed by atoms with Crippen LogP contribution in [0.4, 0.5) is 4.39 Å². The van der Waals surface area contributed by atoms with Gasteiger partial charge in [-0.05, 0) is 5.53 Å². The van der Waals surface area contributed by atoms with E-state index in [2.05, 4.69) is 23.2 Å². The molecule has 0 bridgehead atoms. The van der Waals surface area contributed by atoms with Gasteiger partial charge in [0.25, 0.3) is 5.56 Å². The fourth-order valence-electron chi connectivity index (χ4n) is 2.66. The van der Waals surface area contributed by atoms with Crippen molar-refractivity contribution in [3.63, 3.8) is 0 Å². The van der Waals surface area contributed by atoms with E-state index in [0.29, 0.717) is 4.57 Å². The Balaban J connectivity index is 2.34. The van der Waals surface area contributed by atoms with E-state index in [1.54, 1.807) is 0 Å². The first-order chi connectivity index (χ1) is 15.0. The molecule has 0 saturated carbocycles. The molecule has 5 atom stereocenters. The van der Waals surface area contributed by atoms with Gasteiger partial charge in [-0.15, -0.1) is 0 Å². The molecule has 1 aromatic rings. The van der Waals surface area contributed by atoms with Crippen LogP contribution in [0.5, 0.6) is 0 Å². The summed E-state index contributed by atoms with van der Waals surface area (Å²) >= 11 is 0. The van der Waals surface area contributed by atoms with Crippen LogP contribution in [0.25, 0.3) is 10.4 Å². The number of aromatic amines is 1. The number of halogens is 1. The Kier molecular flexibility index (Phi) is 7.90. The molecule has 1 aromatic heterocycles. The minimum atomic E-state index is -5.90. The van der Waals surface area contributed by atoms with E-state index in [1.807, 2.05) is 4.98 Å². The van der Waals surface area contributed by atoms with Gasteiger partial charge in [-0.3, -0.25) is 18.9 Å². The van der Waals surface area contributed by atoms with Gasteiger partial charge in [0.05, 0.1) is 6.61 Å². The summed E-state index contributed by atoms with van der Waals surface area (Å²) in [5.41, 5.74) is 1.13. The zero-order valence-electron chi connectivity index (χ0n) is 15.8. The molecule has 1 aliphatic heterocycles. The van der Waals surface area contributed by atoms with E-state index in [9.17, 15) is 37.7 Å². The Hall–Kier alpha value is -1.75. The van der Waals surface area contributed by atoms with E-state index in [-0.39, 0.29) is 0 Å². The molecule has 0 aliphatic carbocycles. The van der Waals surface area contributed by atoms with Crippen molar-refractivity contribution in [3.8, 4) is 0 Å². The largest absolute Gasteiger partial charge is 0.490 e. The van der Waals surface area contributed by atoms with Gasteiger partial charge in [-0.25, -0.2) is 22.9 Å². The van der Waals surface area contributed by atoms with Gasteiger partial charge >= 0.3 is 29.2 Å². The summed E-state index contributed by atoms with van der Waals surface area (Å²) in [6, 6.07) is 0.860. The minimum absolute atomic E-state index is 0.654. The molecule has 2 heterocycles. The molecule has 1 saturated heterocycles. The summed E-state index contributed by atoms with van der Waals surface area (Å²) < 4.78 is 65.2. The fraction of sp³-hybridized carbons (Fsp3) is 0.600. The lowest BCUT2D eigenvalue weighted by atomic mass is 9.92. The van der Waals surface area contributed by atoms with Crippen molar-refractivity contribution in [1.29, 1.82) is 0 Å². The van der Waals surface area contributed by atoms with Crippen LogP contribution >= 0.6 is 23.5 Å². The zero-order chi connectivity index (χ0) is 25.3. The average Bonchev–Trinajstić information content (AvgIpc) is 2.90. The Morgan fingerprint density at radius 2 is 1.91 bits per heavy atom. The average molecular weight is 541 g/mol. The molecule has 1 fully saturated rings. The number of aliphatic hydroxyl groups is 1. The lowest BCUT2D eigenvalue weighted by Gasteiger charge is -2.35. The van der Waals surface area contributed by atoms with Gasteiger partial charge < -0.3 is 29.4 Å². The SMILES string of the molecule is [N-]=[N+]=NC1(O)C[C@H](n2ccc(=O)[nH]c2=O)O[C@]1(CF)COP(=O)(O)OP(=O)(O)OP(=O)(O)O. The highest BCUT2D eigenvalue weighted by Crippen LogP contribution is 2.66. The third-order valence-corrected chi connectivity index (χ3v) is 7.80. The monoisotopic (exact) mass is 541 g/mol. The maximum Gasteiger partial charge on any atom is 0.490 e. The molecule has 0 spiro atoms. The van der Waals surface area contributed by atoms with Gasteiger partial charge in [0.2, 0.25) is 0 Å². The second-order valence-corrected chi connectivity index (χ2v) is 10.7. The highest BCUT2D eigenvalue weighted by molar-refractivity contribution is 7.66. The molecular formula is C10H15FN5O14P3. The molecule has 23 heteroatoms. The number of rotatable bonds is 10. The van der Waals surface area contributed by atoms with Crippen molar-refractivity contribution in [1.82, 2.24) is 9.55 Å². The van der Waals surface area contributed by atoms with Crippen LogP contribution in [0.2, 0.25) is 0 Å². The number of phosphoric acid groups is 3. The number of hydrogen-bond donors (Lipinski definition) is 6. The third kappa shape index (κ3) is 6.65. The van der Waals surface area contributed by atoms with Crippen molar-refractivity contribution < 1.29 is 60.6 Å². The number of nitrogens with zero attached hydrogens (tertiary/aromatic N) is 4. The van der Waals surface area contributed by atoms with Gasteiger partial charge in [-0.1, -0.05) is 5.11 Å². The standard InChI is InChI=1S/C10H15FN5O14P3/c11-4-9(5-27-32(23,24)30-33(25,26)29-31(20,21)22)10(19,14-15-12)3-7(28-9)16-2-1-6(17)13-8(16)18/h1-2,7,19H,3-5H2,(H,23,24)(H,25,26)(H,13,17,18)(H2,20,21,22)/t7-,9-,10?/m1/s1. The molecule has 19 nitrogen and oxygen atoms in total. The first-order valence-corrected chi connectivity index (χ1v) is 12.6. The quantitative estimate of drug-likeness (QED) is 0.0943. The summed E-state index contributed by atoms with van der Waals surface area (Å²) in [7, 11) is -17.4. The lowest BCUT2D eigenvalue weighted by Crippen LogP contribution is -2.54. The molecule has 33 heavy (non-hydrogen) atoms. The fourth-order valence-corrected chi connectivity index (χ4v) is 5.72. The number of nitrogens with one attached hydrogen (secondary N) is 1. The summed E-state index contributed by atoms with van der Waals surface area (Å²) in [5.74, 6) is 0.